The predicted molar refractivity (Wildman–Crippen MR) is 115 cm³/mol. The molecule has 1 saturated heterocycles. The van der Waals surface area contributed by atoms with Gasteiger partial charge in [0, 0.05) is 11.5 Å². The molecule has 1 aliphatic carbocycles. The largest absolute Gasteiger partial charge is 0.344 e. The normalized spacial score (nSPS) is 20.7. The molecule has 5 rings (SSSR count). The summed E-state index contributed by atoms with van der Waals surface area (Å²) in [5, 5.41) is 0. The van der Waals surface area contributed by atoms with Gasteiger partial charge in [-0.2, -0.15) is 4.37 Å². The lowest BCUT2D eigenvalue weighted by Crippen LogP contribution is -3.15. The van der Waals surface area contributed by atoms with Crippen LogP contribution in [0.3, 0.4) is 0 Å². The average Bonchev–Trinajstić information content (AvgIpc) is 3.20. The molecule has 0 unspecified atom stereocenters. The fraction of sp³-hybridized carbons (Fsp3) is 0.409. The Bertz CT molecular complexity index is 959. The SMILES string of the molecule is C1=CC[C@@H](C[NH+]2CCN(c3ncnc4c(-c5ccccc5)nsc34)CC2)CC1. The van der Waals surface area contributed by atoms with E-state index in [1.54, 1.807) is 11.2 Å². The minimum Gasteiger partial charge on any atom is -0.344 e. The van der Waals surface area contributed by atoms with Crippen LogP contribution in [0.1, 0.15) is 19.3 Å². The molecule has 1 fully saturated rings. The van der Waals surface area contributed by atoms with Gasteiger partial charge < -0.3 is 9.80 Å². The highest BCUT2D eigenvalue weighted by atomic mass is 32.1. The van der Waals surface area contributed by atoms with Crippen molar-refractivity contribution < 1.29 is 4.90 Å². The Kier molecular flexibility index (Phi) is 5.06. The Labute approximate surface area is 169 Å². The summed E-state index contributed by atoms with van der Waals surface area (Å²) in [4.78, 5) is 13.4. The third-order valence-electron chi connectivity index (χ3n) is 6.01. The van der Waals surface area contributed by atoms with Gasteiger partial charge in [-0.1, -0.05) is 42.5 Å². The first kappa shape index (κ1) is 17.8. The molecule has 0 radical (unpaired) electrons. The highest BCUT2D eigenvalue weighted by molar-refractivity contribution is 7.14. The van der Waals surface area contributed by atoms with E-state index in [2.05, 4.69) is 39.2 Å². The van der Waals surface area contributed by atoms with Crippen molar-refractivity contribution in [3.05, 3.63) is 48.8 Å². The van der Waals surface area contributed by atoms with Gasteiger partial charge in [-0.25, -0.2) is 9.97 Å². The Morgan fingerprint density at radius 1 is 1.07 bits per heavy atom. The number of allylic oxidation sites excluding steroid dienone is 2. The third kappa shape index (κ3) is 3.54. The van der Waals surface area contributed by atoms with Crippen molar-refractivity contribution in [2.45, 2.75) is 19.3 Å². The van der Waals surface area contributed by atoms with Crippen molar-refractivity contribution >= 4 is 27.6 Å². The molecule has 5 nitrogen and oxygen atoms in total. The van der Waals surface area contributed by atoms with Crippen LogP contribution in [-0.2, 0) is 0 Å². The van der Waals surface area contributed by atoms with Crippen LogP contribution in [-0.4, -0.2) is 47.1 Å². The molecule has 0 spiro atoms. The molecule has 2 aliphatic rings. The van der Waals surface area contributed by atoms with Gasteiger partial charge in [0.05, 0.1) is 32.7 Å². The average molecular weight is 393 g/mol. The lowest BCUT2D eigenvalue weighted by atomic mass is 9.94. The van der Waals surface area contributed by atoms with Crippen molar-refractivity contribution in [2.24, 2.45) is 5.92 Å². The van der Waals surface area contributed by atoms with Gasteiger partial charge in [0.1, 0.15) is 22.2 Å². The van der Waals surface area contributed by atoms with Crippen LogP contribution < -0.4 is 9.80 Å². The monoisotopic (exact) mass is 392 g/mol. The molecular formula is C22H26N5S+. The van der Waals surface area contributed by atoms with E-state index >= 15 is 0 Å². The standard InChI is InChI=1S/C22H25N5S/c1-3-7-17(8-4-1)15-26-11-13-27(14-12-26)22-21-20(23-16-24-22)19(25-28-21)18-9-5-2-6-10-18/h1-3,5-6,9-10,16-17H,4,7-8,11-15H2/p+1/t17-/m1/s1. The molecule has 2 aromatic heterocycles. The summed E-state index contributed by atoms with van der Waals surface area (Å²) >= 11 is 1.53. The Morgan fingerprint density at radius 2 is 1.93 bits per heavy atom. The third-order valence-corrected chi connectivity index (χ3v) is 6.84. The summed E-state index contributed by atoms with van der Waals surface area (Å²) in [7, 11) is 0. The fourth-order valence-electron chi connectivity index (χ4n) is 4.45. The number of aromatic nitrogens is 3. The van der Waals surface area contributed by atoms with E-state index in [1.807, 2.05) is 18.2 Å². The van der Waals surface area contributed by atoms with Crippen LogP contribution in [0.5, 0.6) is 0 Å². The molecule has 0 saturated carbocycles. The van der Waals surface area contributed by atoms with E-state index in [0.29, 0.717) is 0 Å². The summed E-state index contributed by atoms with van der Waals surface area (Å²) in [6.45, 7) is 5.81. The molecule has 144 valence electrons. The number of anilines is 1. The zero-order valence-electron chi connectivity index (χ0n) is 16.1. The molecule has 0 amide bonds. The van der Waals surface area contributed by atoms with Crippen LogP contribution in [0.15, 0.2) is 48.8 Å². The van der Waals surface area contributed by atoms with Gasteiger partial charge in [-0.05, 0) is 30.8 Å². The Morgan fingerprint density at radius 3 is 2.71 bits per heavy atom. The second-order valence-corrected chi connectivity index (χ2v) is 8.64. The van der Waals surface area contributed by atoms with Crippen LogP contribution in [0.2, 0.25) is 0 Å². The number of hydrogen-bond acceptors (Lipinski definition) is 5. The van der Waals surface area contributed by atoms with Crippen LogP contribution in [0.4, 0.5) is 5.82 Å². The number of nitrogens with one attached hydrogen (secondary N) is 1. The molecule has 1 aliphatic heterocycles. The van der Waals surface area contributed by atoms with Gasteiger partial charge in [0.2, 0.25) is 0 Å². The zero-order chi connectivity index (χ0) is 18.8. The van der Waals surface area contributed by atoms with Gasteiger partial charge >= 0.3 is 0 Å². The maximum atomic E-state index is 4.71. The minimum atomic E-state index is 0.868. The number of piperazine rings is 1. The number of rotatable bonds is 4. The molecule has 0 bridgehead atoms. The van der Waals surface area contributed by atoms with E-state index in [4.69, 9.17) is 4.37 Å². The molecule has 28 heavy (non-hydrogen) atoms. The first-order valence-corrected chi connectivity index (χ1v) is 11.0. The highest BCUT2D eigenvalue weighted by Gasteiger charge is 2.26. The first-order chi connectivity index (χ1) is 13.9. The number of benzene rings is 1. The number of hydrogen-bond donors (Lipinski definition) is 1. The summed E-state index contributed by atoms with van der Waals surface area (Å²) in [6, 6.07) is 10.3. The molecular weight excluding hydrogens is 366 g/mol. The topological polar surface area (TPSA) is 46.4 Å². The van der Waals surface area contributed by atoms with Crippen molar-refractivity contribution in [3.8, 4) is 11.3 Å². The number of nitrogens with zero attached hydrogens (tertiary/aromatic N) is 4. The minimum absolute atomic E-state index is 0.868. The van der Waals surface area contributed by atoms with E-state index in [-0.39, 0.29) is 0 Å². The molecule has 6 heteroatoms. The van der Waals surface area contributed by atoms with E-state index in [0.717, 1.165) is 46.3 Å². The van der Waals surface area contributed by atoms with Gasteiger partial charge in [0.15, 0.2) is 5.82 Å². The summed E-state index contributed by atoms with van der Waals surface area (Å²) in [5.41, 5.74) is 3.07. The highest BCUT2D eigenvalue weighted by Crippen LogP contribution is 2.34. The Balaban J connectivity index is 1.32. The summed E-state index contributed by atoms with van der Waals surface area (Å²) < 4.78 is 5.83. The van der Waals surface area contributed by atoms with E-state index in [1.165, 1.54) is 50.4 Å². The maximum Gasteiger partial charge on any atom is 0.152 e. The van der Waals surface area contributed by atoms with Crippen molar-refractivity contribution in [1.82, 2.24) is 14.3 Å². The van der Waals surface area contributed by atoms with Crippen molar-refractivity contribution in [1.29, 1.82) is 0 Å². The summed E-state index contributed by atoms with van der Waals surface area (Å²) in [5.74, 6) is 1.93. The quantitative estimate of drug-likeness (QED) is 0.694. The maximum absolute atomic E-state index is 4.71. The number of fused-ring (bicyclic) bond motifs is 1. The molecule has 1 atom stereocenters. The second kappa shape index (κ2) is 7.97. The molecule has 3 aromatic rings. The van der Waals surface area contributed by atoms with Crippen LogP contribution in [0.25, 0.3) is 21.5 Å². The van der Waals surface area contributed by atoms with Gasteiger partial charge in [-0.3, -0.25) is 0 Å². The summed E-state index contributed by atoms with van der Waals surface area (Å²) in [6.07, 6.45) is 10.3. The van der Waals surface area contributed by atoms with Crippen molar-refractivity contribution in [3.63, 3.8) is 0 Å². The van der Waals surface area contributed by atoms with Crippen molar-refractivity contribution in [2.75, 3.05) is 37.6 Å². The molecule has 1 N–H and O–H groups in total. The first-order valence-electron chi connectivity index (χ1n) is 10.3. The Hall–Kier alpha value is -2.31. The smallest absolute Gasteiger partial charge is 0.152 e. The predicted octanol–water partition coefficient (Wildman–Crippen LogP) is 2.81. The van der Waals surface area contributed by atoms with E-state index in [9.17, 15) is 0 Å². The zero-order valence-corrected chi connectivity index (χ0v) is 16.9. The number of quaternary nitrogens is 1. The fourth-order valence-corrected chi connectivity index (χ4v) is 5.32. The lowest BCUT2D eigenvalue weighted by Gasteiger charge is -2.34. The molecule has 1 aromatic carbocycles. The second-order valence-electron chi connectivity index (χ2n) is 7.86. The van der Waals surface area contributed by atoms with Crippen LogP contribution >= 0.6 is 11.5 Å². The van der Waals surface area contributed by atoms with Gasteiger partial charge in [0.25, 0.3) is 0 Å². The molecule has 3 heterocycles. The van der Waals surface area contributed by atoms with Gasteiger partial charge in [-0.15, -0.1) is 0 Å². The van der Waals surface area contributed by atoms with Crippen LogP contribution in [0, 0.1) is 5.92 Å². The van der Waals surface area contributed by atoms with E-state index < -0.39 is 0 Å². The lowest BCUT2D eigenvalue weighted by molar-refractivity contribution is -0.904.